The number of fused-ring (bicyclic) bond motifs is 1. The van der Waals surface area contributed by atoms with Crippen molar-refractivity contribution in [3.05, 3.63) is 35.3 Å². The van der Waals surface area contributed by atoms with Crippen LogP contribution in [0.4, 0.5) is 4.39 Å². The number of furan rings is 1. The minimum Gasteiger partial charge on any atom is -0.459 e. The molecule has 0 bridgehead atoms. The first-order valence-electron chi connectivity index (χ1n) is 6.31. The van der Waals surface area contributed by atoms with E-state index in [1.807, 2.05) is 6.92 Å². The van der Waals surface area contributed by atoms with E-state index >= 15 is 0 Å². The molecule has 0 aliphatic heterocycles. The van der Waals surface area contributed by atoms with Gasteiger partial charge in [-0.2, -0.15) is 0 Å². The molecule has 2 rings (SSSR count). The van der Waals surface area contributed by atoms with Crippen LogP contribution in [0.1, 0.15) is 18.2 Å². The van der Waals surface area contributed by atoms with Gasteiger partial charge in [-0.15, -0.1) is 0 Å². The zero-order valence-corrected chi connectivity index (χ0v) is 10.8. The van der Waals surface area contributed by atoms with E-state index in [1.165, 1.54) is 12.1 Å². The molecule has 18 heavy (non-hydrogen) atoms. The van der Waals surface area contributed by atoms with E-state index in [0.29, 0.717) is 6.54 Å². The van der Waals surface area contributed by atoms with Crippen LogP contribution in [0.15, 0.2) is 22.6 Å². The number of nitrogens with one attached hydrogen (secondary N) is 2. The first kappa shape index (κ1) is 13.1. The highest BCUT2D eigenvalue weighted by Gasteiger charge is 2.10. The predicted octanol–water partition coefficient (Wildman–Crippen LogP) is 2.58. The van der Waals surface area contributed by atoms with E-state index in [1.54, 1.807) is 6.07 Å². The Morgan fingerprint density at radius 1 is 1.22 bits per heavy atom. The summed E-state index contributed by atoms with van der Waals surface area (Å²) in [6, 6.07) is 4.63. The highest BCUT2D eigenvalue weighted by Crippen LogP contribution is 2.25. The molecule has 0 radical (unpaired) electrons. The van der Waals surface area contributed by atoms with Crippen molar-refractivity contribution < 1.29 is 8.81 Å². The number of halogens is 1. The summed E-state index contributed by atoms with van der Waals surface area (Å²) in [5.74, 6) is 0.658. The largest absolute Gasteiger partial charge is 0.459 e. The van der Waals surface area contributed by atoms with Crippen molar-refractivity contribution in [3.8, 4) is 0 Å². The minimum absolute atomic E-state index is 0.224. The van der Waals surface area contributed by atoms with Crippen LogP contribution in [0, 0.1) is 12.7 Å². The number of rotatable bonds is 6. The highest BCUT2D eigenvalue weighted by atomic mass is 19.1. The van der Waals surface area contributed by atoms with E-state index in [4.69, 9.17) is 4.42 Å². The van der Waals surface area contributed by atoms with Crippen molar-refractivity contribution in [2.75, 3.05) is 19.6 Å². The molecule has 3 nitrogen and oxygen atoms in total. The quantitative estimate of drug-likeness (QED) is 0.774. The summed E-state index contributed by atoms with van der Waals surface area (Å²) in [5, 5.41) is 7.40. The molecule has 2 aromatic rings. The monoisotopic (exact) mass is 250 g/mol. The highest BCUT2D eigenvalue weighted by molar-refractivity contribution is 5.82. The molecule has 0 aliphatic carbocycles. The second-order valence-corrected chi connectivity index (χ2v) is 4.32. The SMILES string of the molecule is CCNCCNCc1oc2ccc(F)cc2c1C. The Kier molecular flexibility index (Phi) is 4.33. The maximum absolute atomic E-state index is 13.2. The molecule has 98 valence electrons. The van der Waals surface area contributed by atoms with Crippen molar-refractivity contribution in [2.45, 2.75) is 20.4 Å². The Balaban J connectivity index is 2.03. The van der Waals surface area contributed by atoms with Gasteiger partial charge in [-0.1, -0.05) is 6.92 Å². The van der Waals surface area contributed by atoms with Crippen LogP contribution in [0.5, 0.6) is 0 Å². The third kappa shape index (κ3) is 2.89. The second kappa shape index (κ2) is 5.98. The molecule has 0 atom stereocenters. The molecule has 0 unspecified atom stereocenters. The first-order valence-corrected chi connectivity index (χ1v) is 6.31. The third-order valence-corrected chi connectivity index (χ3v) is 3.01. The lowest BCUT2D eigenvalue weighted by molar-refractivity contribution is 0.506. The smallest absolute Gasteiger partial charge is 0.134 e. The fraction of sp³-hybridized carbons (Fsp3) is 0.429. The second-order valence-electron chi connectivity index (χ2n) is 4.32. The lowest BCUT2D eigenvalue weighted by Gasteiger charge is -2.03. The number of benzene rings is 1. The Labute approximate surface area is 106 Å². The Morgan fingerprint density at radius 2 is 2.00 bits per heavy atom. The van der Waals surface area contributed by atoms with Crippen molar-refractivity contribution >= 4 is 11.0 Å². The Morgan fingerprint density at radius 3 is 2.78 bits per heavy atom. The molecular weight excluding hydrogens is 231 g/mol. The topological polar surface area (TPSA) is 37.2 Å². The van der Waals surface area contributed by atoms with Gasteiger partial charge in [0.15, 0.2) is 0 Å². The number of hydrogen-bond acceptors (Lipinski definition) is 3. The Hall–Kier alpha value is -1.39. The summed E-state index contributed by atoms with van der Waals surface area (Å²) in [5.41, 5.74) is 1.76. The zero-order chi connectivity index (χ0) is 13.0. The molecule has 1 aromatic heterocycles. The third-order valence-electron chi connectivity index (χ3n) is 3.01. The number of likely N-dealkylation sites (N-methyl/N-ethyl adjacent to an activating group) is 1. The van der Waals surface area contributed by atoms with Crippen LogP contribution in [-0.2, 0) is 6.54 Å². The van der Waals surface area contributed by atoms with Crippen LogP contribution in [0.25, 0.3) is 11.0 Å². The molecule has 0 saturated heterocycles. The van der Waals surface area contributed by atoms with Crippen molar-refractivity contribution in [1.29, 1.82) is 0 Å². The summed E-state index contributed by atoms with van der Waals surface area (Å²) >= 11 is 0. The van der Waals surface area contributed by atoms with Crippen molar-refractivity contribution in [1.82, 2.24) is 10.6 Å². The normalized spacial score (nSPS) is 11.3. The zero-order valence-electron chi connectivity index (χ0n) is 10.8. The van der Waals surface area contributed by atoms with E-state index in [2.05, 4.69) is 17.6 Å². The minimum atomic E-state index is -0.224. The van der Waals surface area contributed by atoms with Gasteiger partial charge in [-0.25, -0.2) is 4.39 Å². The first-order chi connectivity index (χ1) is 8.72. The molecule has 0 amide bonds. The van der Waals surface area contributed by atoms with Gasteiger partial charge in [0.25, 0.3) is 0 Å². The average molecular weight is 250 g/mol. The van der Waals surface area contributed by atoms with Crippen molar-refractivity contribution in [3.63, 3.8) is 0 Å². The fourth-order valence-corrected chi connectivity index (χ4v) is 1.97. The summed E-state index contributed by atoms with van der Waals surface area (Å²) in [7, 11) is 0. The molecule has 1 heterocycles. The van der Waals surface area contributed by atoms with E-state index in [-0.39, 0.29) is 5.82 Å². The van der Waals surface area contributed by atoms with E-state index in [0.717, 1.165) is 41.9 Å². The van der Waals surface area contributed by atoms with Gasteiger partial charge in [0, 0.05) is 18.5 Å². The molecule has 2 N–H and O–H groups in total. The summed E-state index contributed by atoms with van der Waals surface area (Å²) < 4.78 is 18.9. The van der Waals surface area contributed by atoms with Crippen LogP contribution >= 0.6 is 0 Å². The van der Waals surface area contributed by atoms with Gasteiger partial charge in [-0.3, -0.25) is 0 Å². The lowest BCUT2D eigenvalue weighted by Crippen LogP contribution is -2.26. The van der Waals surface area contributed by atoms with Crippen LogP contribution in [0.3, 0.4) is 0 Å². The molecular formula is C14H19FN2O. The van der Waals surface area contributed by atoms with Gasteiger partial charge in [0.1, 0.15) is 17.2 Å². The summed E-state index contributed by atoms with van der Waals surface area (Å²) in [6.07, 6.45) is 0. The van der Waals surface area contributed by atoms with Gasteiger partial charge in [0.2, 0.25) is 0 Å². The predicted molar refractivity (Wildman–Crippen MR) is 71.2 cm³/mol. The average Bonchev–Trinajstić information content (AvgIpc) is 2.67. The van der Waals surface area contributed by atoms with Crippen LogP contribution in [0.2, 0.25) is 0 Å². The van der Waals surface area contributed by atoms with Gasteiger partial charge in [-0.05, 0) is 37.2 Å². The molecule has 0 aliphatic rings. The van der Waals surface area contributed by atoms with Gasteiger partial charge < -0.3 is 15.1 Å². The van der Waals surface area contributed by atoms with Crippen LogP contribution in [-0.4, -0.2) is 19.6 Å². The van der Waals surface area contributed by atoms with Gasteiger partial charge in [0.05, 0.1) is 6.54 Å². The summed E-state index contributed by atoms with van der Waals surface area (Å²) in [6.45, 7) is 7.52. The van der Waals surface area contributed by atoms with Crippen LogP contribution < -0.4 is 10.6 Å². The lowest BCUT2D eigenvalue weighted by atomic mass is 10.1. The fourth-order valence-electron chi connectivity index (χ4n) is 1.97. The van der Waals surface area contributed by atoms with E-state index in [9.17, 15) is 4.39 Å². The summed E-state index contributed by atoms with van der Waals surface area (Å²) in [4.78, 5) is 0. The molecule has 0 fully saturated rings. The molecule has 0 saturated carbocycles. The molecule has 0 spiro atoms. The van der Waals surface area contributed by atoms with Crippen molar-refractivity contribution in [2.24, 2.45) is 0 Å². The molecule has 4 heteroatoms. The number of hydrogen-bond donors (Lipinski definition) is 2. The van der Waals surface area contributed by atoms with Gasteiger partial charge >= 0.3 is 0 Å². The molecule has 1 aromatic carbocycles. The maximum Gasteiger partial charge on any atom is 0.134 e. The standard InChI is InChI=1S/C14H19FN2O/c1-3-16-6-7-17-9-14-10(2)12-8-11(15)4-5-13(12)18-14/h4-5,8,16-17H,3,6-7,9H2,1-2H3. The Bertz CT molecular complexity index is 522. The van der Waals surface area contributed by atoms with E-state index < -0.39 is 0 Å². The maximum atomic E-state index is 13.2. The number of aryl methyl sites for hydroxylation is 1.